The van der Waals surface area contributed by atoms with Crippen molar-refractivity contribution in [2.75, 3.05) is 13.1 Å². The maximum Gasteiger partial charge on any atom is 0.115 e. The average Bonchev–Trinajstić information content (AvgIpc) is 2.77. The molecule has 0 bridgehead atoms. The van der Waals surface area contributed by atoms with Gasteiger partial charge in [0, 0.05) is 6.54 Å². The van der Waals surface area contributed by atoms with Gasteiger partial charge >= 0.3 is 0 Å². The summed E-state index contributed by atoms with van der Waals surface area (Å²) in [6, 6.07) is 5.54. The molecule has 0 aromatic heterocycles. The van der Waals surface area contributed by atoms with E-state index in [2.05, 4.69) is 5.32 Å². The molecule has 1 aromatic rings. The summed E-state index contributed by atoms with van der Waals surface area (Å²) in [5, 5.41) is 12.7. The van der Waals surface area contributed by atoms with Crippen LogP contribution in [0, 0.1) is 0 Å². The summed E-state index contributed by atoms with van der Waals surface area (Å²) in [5.74, 6) is 0.329. The van der Waals surface area contributed by atoms with Crippen LogP contribution in [0.2, 0.25) is 0 Å². The minimum atomic E-state index is -0.108. The van der Waals surface area contributed by atoms with Crippen LogP contribution in [0.15, 0.2) is 18.2 Å². The van der Waals surface area contributed by atoms with E-state index in [9.17, 15) is 5.11 Å². The van der Waals surface area contributed by atoms with Gasteiger partial charge in [0.2, 0.25) is 0 Å². The molecule has 0 amide bonds. The number of nitrogens with one attached hydrogen (secondary N) is 1. The number of phenolic OH excluding ortho intramolecular Hbond substituents is 1. The molecule has 74 valence electrons. The van der Waals surface area contributed by atoms with Crippen molar-refractivity contribution in [3.8, 4) is 5.75 Å². The van der Waals surface area contributed by atoms with E-state index in [0.717, 1.165) is 25.1 Å². The molecule has 1 atom stereocenters. The van der Waals surface area contributed by atoms with Crippen LogP contribution in [0.25, 0.3) is 0 Å². The van der Waals surface area contributed by atoms with Crippen LogP contribution >= 0.6 is 0 Å². The number of rotatable bonds is 0. The van der Waals surface area contributed by atoms with Gasteiger partial charge in [0.05, 0.1) is 6.61 Å². The van der Waals surface area contributed by atoms with Crippen molar-refractivity contribution in [2.24, 2.45) is 0 Å². The molecule has 3 heteroatoms. The van der Waals surface area contributed by atoms with Crippen molar-refractivity contribution in [2.45, 2.75) is 18.6 Å². The molecule has 2 aliphatic rings. The second-order valence-electron chi connectivity index (χ2n) is 4.05. The number of hydrogen-bond acceptors (Lipinski definition) is 3. The molecule has 14 heavy (non-hydrogen) atoms. The SMILES string of the molecule is Oc1ccc2c(c1)COC21CCNC1. The molecule has 0 radical (unpaired) electrons. The summed E-state index contributed by atoms with van der Waals surface area (Å²) in [5.41, 5.74) is 2.28. The normalized spacial score (nSPS) is 29.7. The standard InChI is InChI=1S/C11H13NO2/c13-9-1-2-10-8(5-9)6-14-11(10)3-4-12-7-11/h1-2,5,12-13H,3-4,6-7H2. The lowest BCUT2D eigenvalue weighted by Crippen LogP contribution is -2.27. The van der Waals surface area contributed by atoms with E-state index in [1.807, 2.05) is 12.1 Å². The molecule has 2 N–H and O–H groups in total. The number of benzene rings is 1. The summed E-state index contributed by atoms with van der Waals surface area (Å²) >= 11 is 0. The predicted molar refractivity (Wildman–Crippen MR) is 52.1 cm³/mol. The quantitative estimate of drug-likeness (QED) is 0.645. The van der Waals surface area contributed by atoms with Crippen LogP contribution in [0.5, 0.6) is 5.75 Å². The number of hydrogen-bond donors (Lipinski definition) is 2. The van der Waals surface area contributed by atoms with Gasteiger partial charge in [0.25, 0.3) is 0 Å². The van der Waals surface area contributed by atoms with Crippen LogP contribution in [-0.2, 0) is 16.9 Å². The zero-order valence-corrected chi connectivity index (χ0v) is 7.92. The lowest BCUT2D eigenvalue weighted by molar-refractivity contribution is -0.0218. The van der Waals surface area contributed by atoms with Crippen molar-refractivity contribution in [3.63, 3.8) is 0 Å². The first kappa shape index (κ1) is 8.26. The topological polar surface area (TPSA) is 41.5 Å². The molecule has 0 aliphatic carbocycles. The Morgan fingerprint density at radius 1 is 1.43 bits per heavy atom. The molecule has 0 saturated carbocycles. The number of fused-ring (bicyclic) bond motifs is 2. The second-order valence-corrected chi connectivity index (χ2v) is 4.05. The van der Waals surface area contributed by atoms with Crippen LogP contribution < -0.4 is 5.32 Å². The van der Waals surface area contributed by atoms with E-state index < -0.39 is 0 Å². The Balaban J connectivity index is 2.09. The Kier molecular flexibility index (Phi) is 1.60. The molecule has 1 spiro atoms. The number of aromatic hydroxyl groups is 1. The minimum absolute atomic E-state index is 0.108. The first-order valence-corrected chi connectivity index (χ1v) is 4.97. The van der Waals surface area contributed by atoms with Gasteiger partial charge in [-0.25, -0.2) is 0 Å². The van der Waals surface area contributed by atoms with Crippen LogP contribution in [0.3, 0.4) is 0 Å². The maximum atomic E-state index is 9.36. The van der Waals surface area contributed by atoms with Crippen LogP contribution in [-0.4, -0.2) is 18.2 Å². The van der Waals surface area contributed by atoms with Crippen LogP contribution in [0.4, 0.5) is 0 Å². The van der Waals surface area contributed by atoms with Gasteiger partial charge in [-0.1, -0.05) is 6.07 Å². The highest BCUT2D eigenvalue weighted by molar-refractivity contribution is 5.41. The van der Waals surface area contributed by atoms with E-state index in [1.165, 1.54) is 5.56 Å². The molecular weight excluding hydrogens is 178 g/mol. The summed E-state index contributed by atoms with van der Waals surface area (Å²) in [6.45, 7) is 2.54. The third-order valence-corrected chi connectivity index (χ3v) is 3.20. The molecule has 3 rings (SSSR count). The van der Waals surface area contributed by atoms with E-state index in [-0.39, 0.29) is 5.60 Å². The lowest BCUT2D eigenvalue weighted by Gasteiger charge is -2.22. The van der Waals surface area contributed by atoms with Gasteiger partial charge in [0.15, 0.2) is 0 Å². The highest BCUT2D eigenvalue weighted by atomic mass is 16.5. The lowest BCUT2D eigenvalue weighted by atomic mass is 9.91. The van der Waals surface area contributed by atoms with Crippen molar-refractivity contribution in [1.29, 1.82) is 0 Å². The second kappa shape index (κ2) is 2.72. The molecule has 2 aliphatic heterocycles. The fourth-order valence-electron chi connectivity index (χ4n) is 2.46. The van der Waals surface area contributed by atoms with E-state index >= 15 is 0 Å². The highest BCUT2D eigenvalue weighted by Gasteiger charge is 2.42. The van der Waals surface area contributed by atoms with Gasteiger partial charge in [-0.3, -0.25) is 0 Å². The van der Waals surface area contributed by atoms with Crippen LogP contribution in [0.1, 0.15) is 17.5 Å². The van der Waals surface area contributed by atoms with E-state index in [1.54, 1.807) is 6.07 Å². The van der Waals surface area contributed by atoms with Crippen molar-refractivity contribution >= 4 is 0 Å². The molecule has 1 aromatic carbocycles. The van der Waals surface area contributed by atoms with Gasteiger partial charge in [-0.05, 0) is 36.2 Å². The van der Waals surface area contributed by atoms with E-state index in [0.29, 0.717) is 12.4 Å². The molecule has 1 fully saturated rings. The summed E-state index contributed by atoms with van der Waals surface area (Å²) in [4.78, 5) is 0. The Morgan fingerprint density at radius 3 is 3.14 bits per heavy atom. The largest absolute Gasteiger partial charge is 0.508 e. The number of ether oxygens (including phenoxy) is 1. The van der Waals surface area contributed by atoms with Crippen molar-refractivity contribution < 1.29 is 9.84 Å². The van der Waals surface area contributed by atoms with Gasteiger partial charge < -0.3 is 15.2 Å². The summed E-state index contributed by atoms with van der Waals surface area (Å²) in [7, 11) is 0. The smallest absolute Gasteiger partial charge is 0.115 e. The van der Waals surface area contributed by atoms with Crippen molar-refractivity contribution in [1.82, 2.24) is 5.32 Å². The third kappa shape index (κ3) is 0.996. The first-order chi connectivity index (χ1) is 6.80. The Bertz CT molecular complexity index is 370. The molecule has 3 nitrogen and oxygen atoms in total. The fraction of sp³-hybridized carbons (Fsp3) is 0.455. The van der Waals surface area contributed by atoms with Gasteiger partial charge in [0.1, 0.15) is 11.4 Å². The third-order valence-electron chi connectivity index (χ3n) is 3.20. The summed E-state index contributed by atoms with van der Waals surface area (Å²) < 4.78 is 5.85. The monoisotopic (exact) mass is 191 g/mol. The molecular formula is C11H13NO2. The van der Waals surface area contributed by atoms with Gasteiger partial charge in [-0.2, -0.15) is 0 Å². The fourth-order valence-corrected chi connectivity index (χ4v) is 2.46. The predicted octanol–water partition coefficient (Wildman–Crippen LogP) is 1.11. The van der Waals surface area contributed by atoms with E-state index in [4.69, 9.17) is 4.74 Å². The highest BCUT2D eigenvalue weighted by Crippen LogP contribution is 2.41. The molecule has 1 saturated heterocycles. The molecule has 1 unspecified atom stereocenters. The average molecular weight is 191 g/mol. The van der Waals surface area contributed by atoms with Gasteiger partial charge in [-0.15, -0.1) is 0 Å². The number of phenols is 1. The minimum Gasteiger partial charge on any atom is -0.508 e. The zero-order valence-electron chi connectivity index (χ0n) is 7.92. The Labute approximate surface area is 82.7 Å². The first-order valence-electron chi connectivity index (χ1n) is 4.97. The maximum absolute atomic E-state index is 9.36. The zero-order chi connectivity index (χ0) is 9.60. The molecule has 2 heterocycles. The Hall–Kier alpha value is -1.06. The van der Waals surface area contributed by atoms with Crippen molar-refractivity contribution in [3.05, 3.63) is 29.3 Å². The summed E-state index contributed by atoms with van der Waals surface area (Å²) in [6.07, 6.45) is 1.03. The Morgan fingerprint density at radius 2 is 2.36 bits per heavy atom.